The third kappa shape index (κ3) is 5.36. The van der Waals surface area contributed by atoms with Gasteiger partial charge in [-0.2, -0.15) is 0 Å². The molecule has 8 heteroatoms. The van der Waals surface area contributed by atoms with Gasteiger partial charge >= 0.3 is 0 Å². The van der Waals surface area contributed by atoms with E-state index in [0.29, 0.717) is 21.8 Å². The number of aryl methyl sites for hydroxylation is 1. The van der Waals surface area contributed by atoms with Gasteiger partial charge in [-0.15, -0.1) is 11.3 Å². The number of nitro groups is 1. The second-order valence-corrected chi connectivity index (χ2v) is 7.08. The van der Waals surface area contributed by atoms with E-state index in [4.69, 9.17) is 0 Å². The zero-order valence-corrected chi connectivity index (χ0v) is 16.2. The summed E-state index contributed by atoms with van der Waals surface area (Å²) in [6.07, 6.45) is 2.92. The van der Waals surface area contributed by atoms with Crippen LogP contribution in [0.5, 0.6) is 0 Å². The topological polar surface area (TPSA) is 101 Å². The Hall–Kier alpha value is -3.78. The van der Waals surface area contributed by atoms with Crippen LogP contribution in [-0.4, -0.2) is 16.7 Å². The summed E-state index contributed by atoms with van der Waals surface area (Å²) in [5.74, 6) is -0.510. The van der Waals surface area contributed by atoms with Gasteiger partial charge in [-0.3, -0.25) is 19.7 Å². The normalized spacial score (nSPS) is 10.7. The quantitative estimate of drug-likeness (QED) is 0.346. The van der Waals surface area contributed by atoms with Crippen LogP contribution in [0.25, 0.3) is 6.08 Å². The molecule has 0 aliphatic rings. The van der Waals surface area contributed by atoms with Gasteiger partial charge in [-0.05, 0) is 65.9 Å². The van der Waals surface area contributed by atoms with E-state index in [1.165, 1.54) is 29.5 Å². The number of nitrogens with zero attached hydrogens (tertiary/aromatic N) is 1. The van der Waals surface area contributed by atoms with E-state index in [9.17, 15) is 19.7 Å². The van der Waals surface area contributed by atoms with Crippen LogP contribution in [0.4, 0.5) is 17.1 Å². The minimum Gasteiger partial charge on any atom is -0.323 e. The standard InChI is InChI=1S/C21H17N3O4S/c1-14-13-16(7-10-18(14)23-21(26)19-3-2-12-29-19)22-20(25)11-6-15-4-8-17(9-5-15)24(27)28/h2-13H,1H3,(H,22,25)(H,23,26)/b11-6+. The summed E-state index contributed by atoms with van der Waals surface area (Å²) in [4.78, 5) is 35.1. The maximum absolute atomic E-state index is 12.2. The highest BCUT2D eigenvalue weighted by Crippen LogP contribution is 2.21. The number of nitrogens with one attached hydrogen (secondary N) is 2. The monoisotopic (exact) mass is 407 g/mol. The Morgan fingerprint density at radius 2 is 1.83 bits per heavy atom. The van der Waals surface area contributed by atoms with Gasteiger partial charge in [-0.1, -0.05) is 6.07 Å². The molecule has 0 unspecified atom stereocenters. The lowest BCUT2D eigenvalue weighted by atomic mass is 10.1. The number of thiophene rings is 1. The minimum atomic E-state index is -0.477. The lowest BCUT2D eigenvalue weighted by Gasteiger charge is -2.10. The predicted molar refractivity (Wildman–Crippen MR) is 114 cm³/mol. The first-order valence-corrected chi connectivity index (χ1v) is 9.49. The van der Waals surface area contributed by atoms with Gasteiger partial charge in [0.05, 0.1) is 9.80 Å². The first kappa shape index (κ1) is 20.0. The molecule has 0 aliphatic heterocycles. The zero-order chi connectivity index (χ0) is 20.8. The van der Waals surface area contributed by atoms with E-state index < -0.39 is 4.92 Å². The Balaban J connectivity index is 1.61. The number of non-ortho nitro benzene ring substituents is 1. The fraction of sp³-hybridized carbons (Fsp3) is 0.0476. The Labute approximate surface area is 170 Å². The van der Waals surface area contributed by atoms with E-state index >= 15 is 0 Å². The summed E-state index contributed by atoms with van der Waals surface area (Å²) >= 11 is 1.36. The fourth-order valence-corrected chi connectivity index (χ4v) is 3.16. The number of benzene rings is 2. The van der Waals surface area contributed by atoms with Crippen molar-refractivity contribution in [1.82, 2.24) is 0 Å². The molecule has 0 aliphatic carbocycles. The van der Waals surface area contributed by atoms with Gasteiger partial charge < -0.3 is 10.6 Å². The number of amides is 2. The van der Waals surface area contributed by atoms with E-state index in [2.05, 4.69) is 10.6 Å². The van der Waals surface area contributed by atoms with Crippen molar-refractivity contribution in [3.8, 4) is 0 Å². The van der Waals surface area contributed by atoms with Gasteiger partial charge in [0.1, 0.15) is 0 Å². The molecule has 0 spiro atoms. The molecule has 1 aromatic heterocycles. The Bertz CT molecular complexity index is 1070. The van der Waals surface area contributed by atoms with Crippen LogP contribution in [0.3, 0.4) is 0 Å². The molecule has 0 bridgehead atoms. The van der Waals surface area contributed by atoms with Crippen molar-refractivity contribution < 1.29 is 14.5 Å². The molecule has 1 heterocycles. The lowest BCUT2D eigenvalue weighted by Crippen LogP contribution is -2.12. The van der Waals surface area contributed by atoms with E-state index in [1.807, 2.05) is 18.4 Å². The van der Waals surface area contributed by atoms with Gasteiger partial charge in [-0.25, -0.2) is 0 Å². The van der Waals surface area contributed by atoms with Crippen LogP contribution in [-0.2, 0) is 4.79 Å². The van der Waals surface area contributed by atoms with Gasteiger partial charge in [0.15, 0.2) is 0 Å². The number of anilines is 2. The fourth-order valence-electron chi connectivity index (χ4n) is 2.54. The van der Waals surface area contributed by atoms with Crippen molar-refractivity contribution in [2.75, 3.05) is 10.6 Å². The second-order valence-electron chi connectivity index (χ2n) is 6.13. The summed E-state index contributed by atoms with van der Waals surface area (Å²) in [7, 11) is 0. The largest absolute Gasteiger partial charge is 0.323 e. The Morgan fingerprint density at radius 1 is 1.07 bits per heavy atom. The van der Waals surface area contributed by atoms with E-state index in [0.717, 1.165) is 5.56 Å². The van der Waals surface area contributed by atoms with Crippen LogP contribution in [0.1, 0.15) is 20.8 Å². The molecular formula is C21H17N3O4S. The molecule has 7 nitrogen and oxygen atoms in total. The maximum Gasteiger partial charge on any atom is 0.269 e. The summed E-state index contributed by atoms with van der Waals surface area (Å²) in [6, 6.07) is 14.7. The number of nitro benzene ring substituents is 1. The van der Waals surface area contributed by atoms with Crippen LogP contribution in [0, 0.1) is 17.0 Å². The second kappa shape index (κ2) is 8.94. The van der Waals surface area contributed by atoms with Crippen LogP contribution in [0.2, 0.25) is 0 Å². The van der Waals surface area contributed by atoms with Gasteiger partial charge in [0.25, 0.3) is 11.6 Å². The molecule has 0 fully saturated rings. The Kier molecular flexibility index (Phi) is 6.16. The molecule has 2 amide bonds. The van der Waals surface area contributed by atoms with Crippen molar-refractivity contribution in [2.24, 2.45) is 0 Å². The average molecular weight is 407 g/mol. The number of carbonyl (C=O) groups is 2. The molecule has 0 radical (unpaired) electrons. The van der Waals surface area contributed by atoms with E-state index in [1.54, 1.807) is 42.5 Å². The highest BCUT2D eigenvalue weighted by molar-refractivity contribution is 7.12. The number of hydrogen-bond acceptors (Lipinski definition) is 5. The van der Waals surface area contributed by atoms with Gasteiger partial charge in [0.2, 0.25) is 5.91 Å². The number of carbonyl (C=O) groups excluding carboxylic acids is 2. The molecule has 3 rings (SSSR count). The first-order chi connectivity index (χ1) is 13.9. The maximum atomic E-state index is 12.2. The average Bonchev–Trinajstić information content (AvgIpc) is 3.24. The van der Waals surface area contributed by atoms with Crippen LogP contribution < -0.4 is 10.6 Å². The molecule has 2 N–H and O–H groups in total. The molecule has 3 aromatic rings. The number of rotatable bonds is 6. The zero-order valence-electron chi connectivity index (χ0n) is 15.4. The van der Waals surface area contributed by atoms with Crippen molar-refractivity contribution >= 4 is 46.3 Å². The molecule has 0 atom stereocenters. The molecule has 0 saturated heterocycles. The smallest absolute Gasteiger partial charge is 0.269 e. The summed E-state index contributed by atoms with van der Waals surface area (Å²) in [6.45, 7) is 1.84. The highest BCUT2D eigenvalue weighted by atomic mass is 32.1. The SMILES string of the molecule is Cc1cc(NC(=O)/C=C/c2ccc([N+](=O)[O-])cc2)ccc1NC(=O)c1cccs1. The highest BCUT2D eigenvalue weighted by Gasteiger charge is 2.09. The Morgan fingerprint density at radius 3 is 2.45 bits per heavy atom. The van der Waals surface area contributed by atoms with Crippen LogP contribution >= 0.6 is 11.3 Å². The molecule has 0 saturated carbocycles. The van der Waals surface area contributed by atoms with Gasteiger partial charge in [0, 0.05) is 29.6 Å². The van der Waals surface area contributed by atoms with Crippen molar-refractivity contribution in [3.05, 3.63) is 92.2 Å². The lowest BCUT2D eigenvalue weighted by molar-refractivity contribution is -0.384. The summed E-state index contributed by atoms with van der Waals surface area (Å²) in [5.41, 5.74) is 2.74. The molecular weight excluding hydrogens is 390 g/mol. The van der Waals surface area contributed by atoms with Crippen molar-refractivity contribution in [2.45, 2.75) is 6.92 Å². The minimum absolute atomic E-state index is 0.00617. The van der Waals surface area contributed by atoms with Crippen molar-refractivity contribution in [1.29, 1.82) is 0 Å². The van der Waals surface area contributed by atoms with E-state index in [-0.39, 0.29) is 17.5 Å². The third-order valence-corrected chi connectivity index (χ3v) is 4.89. The summed E-state index contributed by atoms with van der Waals surface area (Å²) in [5, 5.41) is 18.1. The molecule has 146 valence electrons. The number of hydrogen-bond donors (Lipinski definition) is 2. The third-order valence-electron chi connectivity index (χ3n) is 4.02. The van der Waals surface area contributed by atoms with Crippen molar-refractivity contribution in [3.63, 3.8) is 0 Å². The summed E-state index contributed by atoms with van der Waals surface area (Å²) < 4.78 is 0. The molecule has 2 aromatic carbocycles. The first-order valence-electron chi connectivity index (χ1n) is 8.61. The van der Waals surface area contributed by atoms with Crippen LogP contribution in [0.15, 0.2) is 66.1 Å². The predicted octanol–water partition coefficient (Wildman–Crippen LogP) is 4.87. The molecule has 29 heavy (non-hydrogen) atoms.